The molecule has 0 amide bonds. The highest BCUT2D eigenvalue weighted by Gasteiger charge is 2.16. The predicted octanol–water partition coefficient (Wildman–Crippen LogP) is 4.52. The minimum Gasteiger partial charge on any atom is -0.200 e. The molecule has 0 unspecified atom stereocenters. The van der Waals surface area contributed by atoms with Gasteiger partial charge in [0, 0.05) is 5.56 Å². The molecule has 0 bridgehead atoms. The molecule has 0 aliphatic carbocycles. The lowest BCUT2D eigenvalue weighted by atomic mass is 9.86. The van der Waals surface area contributed by atoms with Crippen LogP contribution < -0.4 is 0 Å². The van der Waals surface area contributed by atoms with Gasteiger partial charge in [0.25, 0.3) is 0 Å². The zero-order valence-corrected chi connectivity index (χ0v) is 8.94. The van der Waals surface area contributed by atoms with Gasteiger partial charge in [-0.25, -0.2) is 4.39 Å². The topological polar surface area (TPSA) is 0 Å². The quantitative estimate of drug-likeness (QED) is 0.644. The zero-order valence-electron chi connectivity index (χ0n) is 8.94. The molecule has 0 aliphatic rings. The highest BCUT2D eigenvalue weighted by Crippen LogP contribution is 2.27. The number of halogens is 3. The van der Waals surface area contributed by atoms with Crippen LogP contribution in [0.15, 0.2) is 30.3 Å². The molecule has 0 spiro atoms. The molecule has 0 N–H and O–H groups in total. The van der Waals surface area contributed by atoms with Crippen LogP contribution in [0, 0.1) is 0 Å². The molecule has 15 heavy (non-hydrogen) atoms. The van der Waals surface area contributed by atoms with Crippen molar-refractivity contribution in [2.75, 3.05) is 0 Å². The van der Waals surface area contributed by atoms with E-state index in [1.54, 1.807) is 12.1 Å². The summed E-state index contributed by atoms with van der Waals surface area (Å²) >= 11 is 0. The molecule has 0 aromatic heterocycles. The van der Waals surface area contributed by atoms with Crippen LogP contribution in [0.3, 0.4) is 0 Å². The van der Waals surface area contributed by atoms with Crippen molar-refractivity contribution >= 4 is 5.83 Å². The molecule has 3 heteroatoms. The zero-order chi connectivity index (χ0) is 11.6. The summed E-state index contributed by atoms with van der Waals surface area (Å²) < 4.78 is 37.0. The molecule has 0 heterocycles. The molecule has 0 atom stereocenters. The SMILES string of the molecule is CC(C)(C)c1cccc(C(F)=C(F)F)c1. The van der Waals surface area contributed by atoms with E-state index >= 15 is 0 Å². The van der Waals surface area contributed by atoms with E-state index in [-0.39, 0.29) is 11.0 Å². The van der Waals surface area contributed by atoms with Gasteiger partial charge >= 0.3 is 6.08 Å². The van der Waals surface area contributed by atoms with E-state index < -0.39 is 11.9 Å². The van der Waals surface area contributed by atoms with Crippen molar-refractivity contribution < 1.29 is 13.2 Å². The first-order valence-corrected chi connectivity index (χ1v) is 4.64. The molecule has 82 valence electrons. The van der Waals surface area contributed by atoms with Gasteiger partial charge in [-0.3, -0.25) is 0 Å². The van der Waals surface area contributed by atoms with Crippen LogP contribution in [0.4, 0.5) is 13.2 Å². The van der Waals surface area contributed by atoms with Gasteiger partial charge in [-0.05, 0) is 17.0 Å². The van der Waals surface area contributed by atoms with Gasteiger partial charge in [0.1, 0.15) is 0 Å². The van der Waals surface area contributed by atoms with Crippen molar-refractivity contribution in [3.63, 3.8) is 0 Å². The van der Waals surface area contributed by atoms with Crippen molar-refractivity contribution in [1.82, 2.24) is 0 Å². The summed E-state index contributed by atoms with van der Waals surface area (Å²) in [5.74, 6) is -1.44. The molecule has 0 saturated carbocycles. The number of hydrogen-bond donors (Lipinski definition) is 0. The lowest BCUT2D eigenvalue weighted by Crippen LogP contribution is -2.10. The molecule has 0 radical (unpaired) electrons. The fraction of sp³-hybridized carbons (Fsp3) is 0.333. The smallest absolute Gasteiger partial charge is 0.200 e. The van der Waals surface area contributed by atoms with Crippen LogP contribution in [0.2, 0.25) is 0 Å². The Hall–Kier alpha value is -1.25. The molecular weight excluding hydrogens is 201 g/mol. The molecule has 0 aliphatic heterocycles. The van der Waals surface area contributed by atoms with Gasteiger partial charge in [-0.1, -0.05) is 39.0 Å². The Morgan fingerprint density at radius 1 is 1.07 bits per heavy atom. The van der Waals surface area contributed by atoms with Crippen molar-refractivity contribution in [3.8, 4) is 0 Å². The molecule has 1 aromatic rings. The maximum Gasteiger partial charge on any atom is 0.306 e. The van der Waals surface area contributed by atoms with E-state index in [0.717, 1.165) is 5.56 Å². The molecule has 0 fully saturated rings. The monoisotopic (exact) mass is 214 g/mol. The first-order valence-electron chi connectivity index (χ1n) is 4.64. The Kier molecular flexibility index (Phi) is 3.22. The molecule has 0 nitrogen and oxygen atoms in total. The second-order valence-electron chi connectivity index (χ2n) is 4.41. The average Bonchev–Trinajstić information content (AvgIpc) is 2.15. The fourth-order valence-corrected chi connectivity index (χ4v) is 1.23. The van der Waals surface area contributed by atoms with E-state index in [2.05, 4.69) is 0 Å². The minimum atomic E-state index is -2.28. The summed E-state index contributed by atoms with van der Waals surface area (Å²) in [6.07, 6.45) is -2.28. The summed E-state index contributed by atoms with van der Waals surface area (Å²) in [4.78, 5) is 0. The third-order valence-electron chi connectivity index (χ3n) is 2.15. The van der Waals surface area contributed by atoms with Gasteiger partial charge < -0.3 is 0 Å². The summed E-state index contributed by atoms with van der Waals surface area (Å²) in [5.41, 5.74) is 0.585. The standard InChI is InChI=1S/C12H13F3/c1-12(2,3)9-6-4-5-8(7-9)10(13)11(14)15/h4-7H,1-3H3. The van der Waals surface area contributed by atoms with Crippen LogP contribution in [-0.4, -0.2) is 0 Å². The minimum absolute atomic E-state index is 0.0672. The third kappa shape index (κ3) is 2.85. The van der Waals surface area contributed by atoms with Crippen LogP contribution in [0.25, 0.3) is 5.83 Å². The lowest BCUT2D eigenvalue weighted by Gasteiger charge is -2.19. The fourth-order valence-electron chi connectivity index (χ4n) is 1.23. The van der Waals surface area contributed by atoms with Crippen LogP contribution in [0.5, 0.6) is 0 Å². The van der Waals surface area contributed by atoms with E-state index in [4.69, 9.17) is 0 Å². The van der Waals surface area contributed by atoms with Crippen molar-refractivity contribution in [2.45, 2.75) is 26.2 Å². The van der Waals surface area contributed by atoms with Gasteiger partial charge in [0.05, 0.1) is 0 Å². The van der Waals surface area contributed by atoms with E-state index in [0.29, 0.717) is 0 Å². The second kappa shape index (κ2) is 4.09. The maximum absolute atomic E-state index is 13.0. The van der Waals surface area contributed by atoms with Gasteiger partial charge in [-0.2, -0.15) is 8.78 Å². The average molecular weight is 214 g/mol. The first kappa shape index (κ1) is 11.8. The molecule has 0 saturated heterocycles. The summed E-state index contributed by atoms with van der Waals surface area (Å²) in [7, 11) is 0. The van der Waals surface area contributed by atoms with Crippen LogP contribution >= 0.6 is 0 Å². The lowest BCUT2D eigenvalue weighted by molar-refractivity contribution is 0.410. The van der Waals surface area contributed by atoms with E-state index in [1.165, 1.54) is 12.1 Å². The van der Waals surface area contributed by atoms with Gasteiger partial charge in [-0.15, -0.1) is 0 Å². The Balaban J connectivity index is 3.21. The van der Waals surface area contributed by atoms with Gasteiger partial charge in [0.2, 0.25) is 0 Å². The van der Waals surface area contributed by atoms with E-state index in [1.807, 2.05) is 20.8 Å². The maximum atomic E-state index is 13.0. The summed E-state index contributed by atoms with van der Waals surface area (Å²) in [5, 5.41) is 0. The van der Waals surface area contributed by atoms with Crippen molar-refractivity contribution in [1.29, 1.82) is 0 Å². The number of benzene rings is 1. The van der Waals surface area contributed by atoms with E-state index in [9.17, 15) is 13.2 Å². The Morgan fingerprint density at radius 3 is 2.13 bits per heavy atom. The second-order valence-corrected chi connectivity index (χ2v) is 4.41. The largest absolute Gasteiger partial charge is 0.306 e. The van der Waals surface area contributed by atoms with Crippen molar-refractivity contribution in [3.05, 3.63) is 41.5 Å². The van der Waals surface area contributed by atoms with Crippen LogP contribution in [0.1, 0.15) is 31.9 Å². The molecule has 1 rings (SSSR count). The predicted molar refractivity (Wildman–Crippen MR) is 55.4 cm³/mol. The van der Waals surface area contributed by atoms with Gasteiger partial charge in [0.15, 0.2) is 5.83 Å². The highest BCUT2D eigenvalue weighted by atomic mass is 19.3. The van der Waals surface area contributed by atoms with Crippen molar-refractivity contribution in [2.24, 2.45) is 0 Å². The normalized spacial score (nSPS) is 11.3. The third-order valence-corrected chi connectivity index (χ3v) is 2.15. The Morgan fingerprint density at radius 2 is 1.67 bits per heavy atom. The first-order chi connectivity index (χ1) is 6.82. The number of hydrogen-bond acceptors (Lipinski definition) is 0. The van der Waals surface area contributed by atoms with Crippen LogP contribution in [-0.2, 0) is 5.41 Å². The Bertz CT molecular complexity index is 382. The molecular formula is C12H13F3. The number of rotatable bonds is 1. The summed E-state index contributed by atoms with van der Waals surface area (Å²) in [6, 6.07) is 6.17. The summed E-state index contributed by atoms with van der Waals surface area (Å²) in [6.45, 7) is 5.83. The highest BCUT2D eigenvalue weighted by molar-refractivity contribution is 5.60. The Labute approximate surface area is 87.4 Å². The molecule has 1 aromatic carbocycles.